The van der Waals surface area contributed by atoms with Gasteiger partial charge >= 0.3 is 0 Å². The lowest BCUT2D eigenvalue weighted by molar-refractivity contribution is 0.0448. The Hall–Kier alpha value is -3.50. The van der Waals surface area contributed by atoms with Crippen molar-refractivity contribution in [1.29, 1.82) is 0 Å². The van der Waals surface area contributed by atoms with E-state index < -0.39 is 6.10 Å². The monoisotopic (exact) mass is 461 g/mol. The molecule has 10 heteroatoms. The van der Waals surface area contributed by atoms with Crippen LogP contribution < -0.4 is 10.6 Å². The van der Waals surface area contributed by atoms with E-state index in [-0.39, 0.29) is 11.9 Å². The molecule has 2 fully saturated rings. The first-order valence-corrected chi connectivity index (χ1v) is 11.7. The second-order valence-electron chi connectivity index (χ2n) is 8.96. The number of amides is 1. The van der Waals surface area contributed by atoms with Crippen molar-refractivity contribution in [3.63, 3.8) is 0 Å². The molecule has 1 saturated carbocycles. The van der Waals surface area contributed by atoms with Gasteiger partial charge in [0.15, 0.2) is 5.65 Å². The number of aromatic nitrogens is 5. The number of carbonyl (C=O) groups is 1. The fourth-order valence-corrected chi connectivity index (χ4v) is 4.86. The molecule has 2 aromatic heterocycles. The zero-order chi connectivity index (χ0) is 23.2. The Morgan fingerprint density at radius 1 is 1.18 bits per heavy atom. The molecule has 0 spiro atoms. The van der Waals surface area contributed by atoms with E-state index >= 15 is 0 Å². The highest BCUT2D eigenvalue weighted by Gasteiger charge is 2.31. The number of nitrogens with one attached hydrogen (secondary N) is 2. The van der Waals surface area contributed by atoms with Crippen molar-refractivity contribution in [2.45, 2.75) is 43.9 Å². The van der Waals surface area contributed by atoms with Crippen LogP contribution in [0.15, 0.2) is 36.8 Å². The molecular formula is C24H27N7O3. The van der Waals surface area contributed by atoms with Crippen molar-refractivity contribution in [1.82, 2.24) is 29.5 Å². The molecule has 176 valence electrons. The van der Waals surface area contributed by atoms with Crippen molar-refractivity contribution in [3.8, 4) is 22.6 Å². The van der Waals surface area contributed by atoms with Crippen LogP contribution in [0.25, 0.3) is 28.3 Å². The average Bonchev–Trinajstić information content (AvgIpc) is 3.50. The van der Waals surface area contributed by atoms with E-state index in [1.807, 2.05) is 25.4 Å². The average molecular weight is 462 g/mol. The summed E-state index contributed by atoms with van der Waals surface area (Å²) in [5.41, 5.74) is 3.45. The van der Waals surface area contributed by atoms with Crippen LogP contribution >= 0.6 is 0 Å². The zero-order valence-corrected chi connectivity index (χ0v) is 18.9. The lowest BCUT2D eigenvalue weighted by atomic mass is 9.89. The number of nitrogens with zero attached hydrogens (tertiary/aromatic N) is 5. The van der Waals surface area contributed by atoms with Gasteiger partial charge in [-0.2, -0.15) is 9.61 Å². The zero-order valence-electron chi connectivity index (χ0n) is 18.9. The predicted octanol–water partition coefficient (Wildman–Crippen LogP) is 2.34. The summed E-state index contributed by atoms with van der Waals surface area (Å²) < 4.78 is 9.39. The number of rotatable bonds is 5. The van der Waals surface area contributed by atoms with Crippen LogP contribution in [-0.2, 0) is 4.74 Å². The highest BCUT2D eigenvalue weighted by Crippen LogP contribution is 2.36. The molecule has 34 heavy (non-hydrogen) atoms. The quantitative estimate of drug-likeness (QED) is 0.417. The Labute approximate surface area is 196 Å². The molecule has 10 nitrogen and oxygen atoms in total. The molecule has 1 aliphatic carbocycles. The number of aliphatic hydroxyl groups is 1. The topological polar surface area (TPSA) is 119 Å². The second-order valence-corrected chi connectivity index (χ2v) is 8.96. The Bertz CT molecular complexity index is 1320. The first-order chi connectivity index (χ1) is 16.6. The molecule has 6 rings (SSSR count). The molecule has 2 aromatic rings. The van der Waals surface area contributed by atoms with Crippen LogP contribution in [0.5, 0.6) is 0 Å². The van der Waals surface area contributed by atoms with Crippen LogP contribution in [-0.4, -0.2) is 67.6 Å². The minimum absolute atomic E-state index is 0.224. The third-order valence-corrected chi connectivity index (χ3v) is 6.99. The van der Waals surface area contributed by atoms with E-state index in [4.69, 9.17) is 14.7 Å². The highest BCUT2D eigenvalue weighted by atomic mass is 16.5. The molecule has 1 amide bonds. The van der Waals surface area contributed by atoms with Crippen LogP contribution in [0, 0.1) is 0 Å². The number of hydrogen-bond acceptors (Lipinski definition) is 7. The molecule has 1 saturated heterocycles. The summed E-state index contributed by atoms with van der Waals surface area (Å²) >= 11 is 0. The van der Waals surface area contributed by atoms with Gasteiger partial charge in [-0.1, -0.05) is 0 Å². The fourth-order valence-electron chi connectivity index (χ4n) is 4.86. The van der Waals surface area contributed by atoms with Crippen molar-refractivity contribution in [3.05, 3.63) is 42.4 Å². The summed E-state index contributed by atoms with van der Waals surface area (Å²) in [6.45, 7) is 1.52. The minimum Gasteiger partial charge on any atom is -0.391 e. The molecule has 2 atom stereocenters. The molecule has 3 aliphatic heterocycles. The van der Waals surface area contributed by atoms with E-state index in [1.54, 1.807) is 4.52 Å². The van der Waals surface area contributed by atoms with E-state index in [2.05, 4.69) is 32.6 Å². The summed E-state index contributed by atoms with van der Waals surface area (Å²) in [6, 6.07) is 6.15. The maximum Gasteiger partial charge on any atom is 0.257 e. The SMILES string of the molecule is CNc1cc(-c2cnc3n(C4CCOCC4)cccc2-3)nc2c(C(=O)N[C@H]3CC[C@H]3O)cnn12. The van der Waals surface area contributed by atoms with Gasteiger partial charge in [-0.05, 0) is 37.8 Å². The van der Waals surface area contributed by atoms with Gasteiger partial charge in [-0.25, -0.2) is 9.97 Å². The number of ether oxygens (including phenoxy) is 1. The van der Waals surface area contributed by atoms with Crippen LogP contribution in [0.1, 0.15) is 42.1 Å². The largest absolute Gasteiger partial charge is 0.391 e. The highest BCUT2D eigenvalue weighted by molar-refractivity contribution is 6.00. The van der Waals surface area contributed by atoms with E-state index in [9.17, 15) is 9.90 Å². The third-order valence-electron chi connectivity index (χ3n) is 6.99. The molecule has 0 radical (unpaired) electrons. The molecule has 5 heterocycles. The number of anilines is 1. The number of pyridine rings is 1. The maximum absolute atomic E-state index is 12.9. The number of hydrogen-bond donors (Lipinski definition) is 3. The first kappa shape index (κ1) is 21.1. The van der Waals surface area contributed by atoms with E-state index in [0.717, 1.165) is 49.4 Å². The van der Waals surface area contributed by atoms with Crippen molar-refractivity contribution in [2.24, 2.45) is 0 Å². The smallest absolute Gasteiger partial charge is 0.257 e. The summed E-state index contributed by atoms with van der Waals surface area (Å²) in [6.07, 6.45) is 8.36. The normalized spacial score (nSPS) is 21.0. The second kappa shape index (κ2) is 8.37. The van der Waals surface area contributed by atoms with Gasteiger partial charge in [0.2, 0.25) is 0 Å². The van der Waals surface area contributed by atoms with Gasteiger partial charge in [0.05, 0.1) is 24.0 Å². The molecule has 4 aliphatic rings. The van der Waals surface area contributed by atoms with Gasteiger partial charge < -0.3 is 25.0 Å². The Kier molecular flexibility index (Phi) is 5.19. The molecule has 0 aromatic carbocycles. The maximum atomic E-state index is 12.9. The van der Waals surface area contributed by atoms with Gasteiger partial charge in [-0.15, -0.1) is 0 Å². The molecule has 3 N–H and O–H groups in total. The van der Waals surface area contributed by atoms with Gasteiger partial charge in [0.25, 0.3) is 5.91 Å². The standard InChI is InChI=1S/C24H27N7O3/c1-25-21-11-19(28-23-17(13-27-31(21)23)24(33)29-18-4-5-20(18)32)16-12-26-22-15(16)3-2-8-30(22)14-6-9-34-10-7-14/h2-3,8,11-14,18,20,25,32H,4-7,9-10H2,1H3,(H,29,33)/t18-,20+/m0/s1. The Morgan fingerprint density at radius 3 is 2.76 bits per heavy atom. The summed E-state index contributed by atoms with van der Waals surface area (Å²) in [4.78, 5) is 22.5. The van der Waals surface area contributed by atoms with Crippen LogP contribution in [0.4, 0.5) is 5.82 Å². The van der Waals surface area contributed by atoms with Crippen molar-refractivity contribution >= 4 is 17.4 Å². The molecular weight excluding hydrogens is 434 g/mol. The predicted molar refractivity (Wildman–Crippen MR) is 126 cm³/mol. The minimum atomic E-state index is -0.494. The number of carbonyl (C=O) groups excluding carboxylic acids is 1. The Balaban J connectivity index is 1.40. The molecule has 0 bridgehead atoms. The summed E-state index contributed by atoms with van der Waals surface area (Å²) in [5, 5.41) is 20.3. The summed E-state index contributed by atoms with van der Waals surface area (Å²) in [5.74, 6) is 1.35. The van der Waals surface area contributed by atoms with Gasteiger partial charge in [0.1, 0.15) is 17.2 Å². The van der Waals surface area contributed by atoms with Gasteiger partial charge in [0, 0.05) is 55.9 Å². The Morgan fingerprint density at radius 2 is 2.03 bits per heavy atom. The van der Waals surface area contributed by atoms with Crippen LogP contribution in [0.3, 0.4) is 0 Å². The van der Waals surface area contributed by atoms with Crippen LogP contribution in [0.2, 0.25) is 0 Å². The number of aliphatic hydroxyl groups excluding tert-OH is 1. The van der Waals surface area contributed by atoms with E-state index in [0.29, 0.717) is 35.2 Å². The fraction of sp³-hybridized carbons (Fsp3) is 0.417. The van der Waals surface area contributed by atoms with Crippen molar-refractivity contribution < 1.29 is 14.6 Å². The lowest BCUT2D eigenvalue weighted by Crippen LogP contribution is -2.50. The van der Waals surface area contributed by atoms with E-state index in [1.165, 1.54) is 6.20 Å². The van der Waals surface area contributed by atoms with Gasteiger partial charge in [-0.3, -0.25) is 4.79 Å². The number of fused-ring (bicyclic) bond motifs is 2. The molecule has 0 unspecified atom stereocenters. The van der Waals surface area contributed by atoms with Crippen molar-refractivity contribution in [2.75, 3.05) is 25.6 Å². The first-order valence-electron chi connectivity index (χ1n) is 11.7. The lowest BCUT2D eigenvalue weighted by Gasteiger charge is -2.32. The summed E-state index contributed by atoms with van der Waals surface area (Å²) in [7, 11) is 1.81. The third kappa shape index (κ3) is 3.41.